The molecule has 7 heteroatoms. The van der Waals surface area contributed by atoms with E-state index in [1.807, 2.05) is 4.98 Å². The van der Waals surface area contributed by atoms with Gasteiger partial charge in [0.2, 0.25) is 5.56 Å². The van der Waals surface area contributed by atoms with Gasteiger partial charge in [0.25, 0.3) is 0 Å². The van der Waals surface area contributed by atoms with Crippen molar-refractivity contribution < 1.29 is 23.1 Å². The number of aromatic amines is 1. The molecule has 0 aliphatic carbocycles. The van der Waals surface area contributed by atoms with Gasteiger partial charge in [-0.05, 0) is 17.7 Å². The molecular weight excluding hydrogens is 275 g/mol. The number of aromatic nitrogens is 1. The number of H-pyrrole nitrogens is 1. The van der Waals surface area contributed by atoms with Crippen LogP contribution in [0.2, 0.25) is 0 Å². The molecule has 1 aromatic carbocycles. The zero-order chi connectivity index (χ0) is 14.9. The van der Waals surface area contributed by atoms with Crippen LogP contribution in [0.3, 0.4) is 0 Å². The molecular formula is C13H8F3NO3. The number of rotatable bonds is 2. The first-order valence-corrected chi connectivity index (χ1v) is 5.44. The Labute approximate surface area is 110 Å². The summed E-state index contributed by atoms with van der Waals surface area (Å²) < 4.78 is 38.8. The van der Waals surface area contributed by atoms with Crippen molar-refractivity contribution in [2.75, 3.05) is 0 Å². The molecule has 1 heterocycles. The summed E-state index contributed by atoms with van der Waals surface area (Å²) >= 11 is 0. The number of aromatic carboxylic acids is 1. The Balaban J connectivity index is 2.76. The summed E-state index contributed by atoms with van der Waals surface area (Å²) in [5.74, 6) is -1.50. The molecule has 0 saturated carbocycles. The van der Waals surface area contributed by atoms with Crippen LogP contribution in [0.5, 0.6) is 0 Å². The van der Waals surface area contributed by atoms with Crippen LogP contribution in [0.4, 0.5) is 13.2 Å². The molecule has 0 spiro atoms. The summed E-state index contributed by atoms with van der Waals surface area (Å²) in [6.45, 7) is 0. The number of hydrogen-bond donors (Lipinski definition) is 2. The van der Waals surface area contributed by atoms with Crippen molar-refractivity contribution in [3.05, 3.63) is 58.0 Å². The second kappa shape index (κ2) is 4.84. The Hall–Kier alpha value is -2.57. The number of alkyl halides is 3. The lowest BCUT2D eigenvalue weighted by Crippen LogP contribution is -2.14. The fraction of sp³-hybridized carbons (Fsp3) is 0.0769. The smallest absolute Gasteiger partial charge is 0.417 e. The number of carboxylic acids is 1. The molecule has 0 atom stereocenters. The highest BCUT2D eigenvalue weighted by Gasteiger charge is 2.34. The minimum atomic E-state index is -4.62. The fourth-order valence-electron chi connectivity index (χ4n) is 1.83. The van der Waals surface area contributed by atoms with Crippen LogP contribution in [0.25, 0.3) is 11.1 Å². The Morgan fingerprint density at radius 3 is 2.30 bits per heavy atom. The van der Waals surface area contributed by atoms with Gasteiger partial charge in [0.15, 0.2) is 0 Å². The van der Waals surface area contributed by atoms with E-state index in [2.05, 4.69) is 0 Å². The third-order valence-corrected chi connectivity index (χ3v) is 2.66. The maximum absolute atomic E-state index is 12.9. The summed E-state index contributed by atoms with van der Waals surface area (Å²) in [5, 5.41) is 8.99. The van der Waals surface area contributed by atoms with Gasteiger partial charge in [0.05, 0.1) is 5.56 Å². The van der Waals surface area contributed by atoms with Crippen LogP contribution in [0, 0.1) is 0 Å². The van der Waals surface area contributed by atoms with Gasteiger partial charge in [0.1, 0.15) is 5.69 Å². The summed E-state index contributed by atoms with van der Waals surface area (Å²) in [6, 6.07) is 6.62. The average molecular weight is 283 g/mol. The minimum absolute atomic E-state index is 0.190. The molecule has 0 fully saturated rings. The van der Waals surface area contributed by atoms with E-state index in [1.54, 1.807) is 0 Å². The normalized spacial score (nSPS) is 11.3. The maximum Gasteiger partial charge on any atom is 0.417 e. The monoisotopic (exact) mass is 283 g/mol. The summed E-state index contributed by atoms with van der Waals surface area (Å²) in [6.07, 6.45) is -4.62. The number of carbonyl (C=O) groups is 1. The molecule has 2 aromatic rings. The van der Waals surface area contributed by atoms with Gasteiger partial charge in [-0.3, -0.25) is 4.79 Å². The van der Waals surface area contributed by atoms with Crippen molar-refractivity contribution in [3.8, 4) is 11.1 Å². The van der Waals surface area contributed by atoms with E-state index in [0.717, 1.165) is 24.3 Å². The number of nitrogens with one attached hydrogen (secondary N) is 1. The minimum Gasteiger partial charge on any atom is -0.477 e. The van der Waals surface area contributed by atoms with E-state index in [-0.39, 0.29) is 11.1 Å². The molecule has 0 unspecified atom stereocenters. The third kappa shape index (κ3) is 2.56. The topological polar surface area (TPSA) is 70.2 Å². The molecule has 104 valence electrons. The van der Waals surface area contributed by atoms with E-state index in [9.17, 15) is 22.8 Å². The van der Waals surface area contributed by atoms with Crippen LogP contribution >= 0.6 is 0 Å². The predicted molar refractivity (Wildman–Crippen MR) is 64.5 cm³/mol. The first-order chi connectivity index (χ1) is 9.30. The number of hydrogen-bond acceptors (Lipinski definition) is 2. The van der Waals surface area contributed by atoms with Crippen LogP contribution < -0.4 is 5.56 Å². The molecule has 20 heavy (non-hydrogen) atoms. The van der Waals surface area contributed by atoms with E-state index < -0.39 is 29.0 Å². The lowest BCUT2D eigenvalue weighted by Gasteiger charge is -2.13. The second-order valence-corrected chi connectivity index (χ2v) is 3.96. The lowest BCUT2D eigenvalue weighted by atomic mass is 9.98. The molecule has 0 radical (unpaired) electrons. The van der Waals surface area contributed by atoms with Gasteiger partial charge in [-0.1, -0.05) is 18.2 Å². The Morgan fingerprint density at radius 1 is 1.05 bits per heavy atom. The first-order valence-electron chi connectivity index (χ1n) is 5.44. The van der Waals surface area contributed by atoms with Crippen LogP contribution in [0.15, 0.2) is 41.2 Å². The Bertz CT molecular complexity index is 719. The molecule has 0 amide bonds. The van der Waals surface area contributed by atoms with Gasteiger partial charge < -0.3 is 10.1 Å². The highest BCUT2D eigenvalue weighted by molar-refractivity contribution is 5.94. The third-order valence-electron chi connectivity index (χ3n) is 2.66. The van der Waals surface area contributed by atoms with Crippen molar-refractivity contribution in [1.29, 1.82) is 0 Å². The van der Waals surface area contributed by atoms with E-state index >= 15 is 0 Å². The lowest BCUT2D eigenvalue weighted by molar-refractivity contribution is -0.137. The molecule has 1 aromatic heterocycles. The Kier molecular flexibility index (Phi) is 3.35. The fourth-order valence-corrected chi connectivity index (χ4v) is 1.83. The van der Waals surface area contributed by atoms with E-state index in [4.69, 9.17) is 5.11 Å². The summed E-state index contributed by atoms with van der Waals surface area (Å²) in [4.78, 5) is 24.2. The van der Waals surface area contributed by atoms with Gasteiger partial charge in [-0.2, -0.15) is 13.2 Å². The molecule has 0 aliphatic rings. The molecule has 0 aliphatic heterocycles. The van der Waals surface area contributed by atoms with Crippen LogP contribution in [-0.2, 0) is 6.18 Å². The molecule has 4 nitrogen and oxygen atoms in total. The van der Waals surface area contributed by atoms with Gasteiger partial charge in [-0.25, -0.2) is 4.79 Å². The number of carboxylic acid groups (broad SMARTS) is 1. The van der Waals surface area contributed by atoms with Crippen molar-refractivity contribution in [2.45, 2.75) is 6.18 Å². The van der Waals surface area contributed by atoms with Crippen LogP contribution in [-0.4, -0.2) is 16.1 Å². The predicted octanol–water partition coefficient (Wildman–Crippen LogP) is 2.76. The average Bonchev–Trinajstić information content (AvgIpc) is 2.37. The van der Waals surface area contributed by atoms with E-state index in [1.165, 1.54) is 12.1 Å². The van der Waals surface area contributed by atoms with Gasteiger partial charge in [0, 0.05) is 11.6 Å². The number of halogens is 3. The van der Waals surface area contributed by atoms with Crippen molar-refractivity contribution >= 4 is 5.97 Å². The zero-order valence-electron chi connectivity index (χ0n) is 9.86. The highest BCUT2D eigenvalue weighted by Crippen LogP contribution is 2.37. The SMILES string of the molecule is O=C(O)c1[nH]c(=O)ccc1-c1ccccc1C(F)(F)F. The number of pyridine rings is 1. The summed E-state index contributed by atoms with van der Waals surface area (Å²) in [5.41, 5.74) is -2.72. The van der Waals surface area contributed by atoms with Crippen molar-refractivity contribution in [3.63, 3.8) is 0 Å². The zero-order valence-corrected chi connectivity index (χ0v) is 9.86. The van der Waals surface area contributed by atoms with Crippen molar-refractivity contribution in [2.24, 2.45) is 0 Å². The molecule has 2 rings (SSSR count). The van der Waals surface area contributed by atoms with Gasteiger partial charge >= 0.3 is 12.1 Å². The van der Waals surface area contributed by atoms with E-state index in [0.29, 0.717) is 0 Å². The largest absolute Gasteiger partial charge is 0.477 e. The van der Waals surface area contributed by atoms with Gasteiger partial charge in [-0.15, -0.1) is 0 Å². The van der Waals surface area contributed by atoms with Crippen molar-refractivity contribution in [1.82, 2.24) is 4.98 Å². The molecule has 0 bridgehead atoms. The second-order valence-electron chi connectivity index (χ2n) is 3.96. The maximum atomic E-state index is 12.9. The summed E-state index contributed by atoms with van der Waals surface area (Å²) in [7, 11) is 0. The Morgan fingerprint density at radius 2 is 1.70 bits per heavy atom. The standard InChI is InChI=1S/C13H8F3NO3/c14-13(15,16)9-4-2-1-3-7(9)8-5-6-10(18)17-11(8)12(19)20/h1-6H,(H,17,18)(H,19,20). The van der Waals surface area contributed by atoms with Crippen LogP contribution in [0.1, 0.15) is 16.1 Å². The molecule has 0 saturated heterocycles. The number of benzene rings is 1. The molecule has 2 N–H and O–H groups in total. The first kappa shape index (κ1) is 13.9. The highest BCUT2D eigenvalue weighted by atomic mass is 19.4. The quantitative estimate of drug-likeness (QED) is 0.890.